The van der Waals surface area contributed by atoms with Crippen LogP contribution in [0.25, 0.3) is 0 Å². The van der Waals surface area contributed by atoms with E-state index in [1.807, 2.05) is 19.0 Å². The monoisotopic (exact) mass is 291 g/mol. The summed E-state index contributed by atoms with van der Waals surface area (Å²) in [5, 5.41) is 9.00. The van der Waals surface area contributed by atoms with Crippen LogP contribution in [0.3, 0.4) is 0 Å². The van der Waals surface area contributed by atoms with Crippen molar-refractivity contribution in [1.29, 1.82) is 0 Å². The molecule has 1 fully saturated rings. The largest absolute Gasteiger partial charge is 0.481 e. The molecule has 6 nitrogen and oxygen atoms in total. The molecule has 0 aromatic carbocycles. The SMILES string of the molecule is CN(C)c1cc(C(=O)N2CCCCC2CC(=O)O)ccn1. The molecule has 2 heterocycles. The molecule has 1 N–H and O–H groups in total. The van der Waals surface area contributed by atoms with E-state index in [4.69, 9.17) is 5.11 Å². The lowest BCUT2D eigenvalue weighted by Gasteiger charge is -2.35. The van der Waals surface area contributed by atoms with E-state index in [0.29, 0.717) is 17.9 Å². The van der Waals surface area contributed by atoms with Crippen LogP contribution in [0.2, 0.25) is 0 Å². The minimum absolute atomic E-state index is 0.0113. The van der Waals surface area contributed by atoms with E-state index in [9.17, 15) is 9.59 Å². The number of carboxylic acid groups (broad SMARTS) is 1. The second-order valence-corrected chi connectivity index (χ2v) is 5.54. The number of rotatable bonds is 4. The summed E-state index contributed by atoms with van der Waals surface area (Å²) in [7, 11) is 3.73. The first-order valence-electron chi connectivity index (χ1n) is 7.15. The van der Waals surface area contributed by atoms with Crippen LogP contribution < -0.4 is 4.90 Å². The van der Waals surface area contributed by atoms with Gasteiger partial charge in [-0.25, -0.2) is 4.98 Å². The van der Waals surface area contributed by atoms with Crippen LogP contribution in [-0.2, 0) is 4.79 Å². The molecule has 1 aromatic heterocycles. The summed E-state index contributed by atoms with van der Waals surface area (Å²) in [5.41, 5.74) is 0.561. The van der Waals surface area contributed by atoms with Gasteiger partial charge < -0.3 is 14.9 Å². The van der Waals surface area contributed by atoms with Crippen molar-refractivity contribution in [2.45, 2.75) is 31.7 Å². The second kappa shape index (κ2) is 6.56. The van der Waals surface area contributed by atoms with Gasteiger partial charge in [0.1, 0.15) is 5.82 Å². The highest BCUT2D eigenvalue weighted by Crippen LogP contribution is 2.22. The van der Waals surface area contributed by atoms with Crippen molar-refractivity contribution in [3.05, 3.63) is 23.9 Å². The lowest BCUT2D eigenvalue weighted by molar-refractivity contribution is -0.138. The number of aromatic nitrogens is 1. The average molecular weight is 291 g/mol. The van der Waals surface area contributed by atoms with E-state index < -0.39 is 5.97 Å². The Labute approximate surface area is 124 Å². The lowest BCUT2D eigenvalue weighted by Crippen LogP contribution is -2.44. The number of carboxylic acids is 1. The van der Waals surface area contributed by atoms with Gasteiger partial charge in [0, 0.05) is 38.4 Å². The van der Waals surface area contributed by atoms with Gasteiger partial charge >= 0.3 is 5.97 Å². The Morgan fingerprint density at radius 3 is 2.86 bits per heavy atom. The van der Waals surface area contributed by atoms with Crippen LogP contribution in [0.1, 0.15) is 36.0 Å². The molecule has 2 rings (SSSR count). The molecule has 1 aliphatic heterocycles. The minimum Gasteiger partial charge on any atom is -0.481 e. The predicted molar refractivity (Wildman–Crippen MR) is 79.5 cm³/mol. The third-order valence-corrected chi connectivity index (χ3v) is 3.75. The van der Waals surface area contributed by atoms with Gasteiger partial charge in [-0.05, 0) is 31.4 Å². The number of likely N-dealkylation sites (tertiary alicyclic amines) is 1. The van der Waals surface area contributed by atoms with E-state index in [2.05, 4.69) is 4.98 Å². The lowest BCUT2D eigenvalue weighted by atomic mass is 9.98. The molecule has 1 atom stereocenters. The zero-order valence-electron chi connectivity index (χ0n) is 12.5. The topological polar surface area (TPSA) is 73.7 Å². The quantitative estimate of drug-likeness (QED) is 0.912. The van der Waals surface area contributed by atoms with Gasteiger partial charge in [0.15, 0.2) is 0 Å². The van der Waals surface area contributed by atoms with Crippen LogP contribution in [0, 0.1) is 0 Å². The highest BCUT2D eigenvalue weighted by atomic mass is 16.4. The van der Waals surface area contributed by atoms with Crippen molar-refractivity contribution in [1.82, 2.24) is 9.88 Å². The molecule has 1 saturated heterocycles. The fraction of sp³-hybridized carbons (Fsp3) is 0.533. The minimum atomic E-state index is -0.858. The van der Waals surface area contributed by atoms with Crippen molar-refractivity contribution in [2.75, 3.05) is 25.5 Å². The summed E-state index contributed by atoms with van der Waals surface area (Å²) < 4.78 is 0. The summed E-state index contributed by atoms with van der Waals surface area (Å²) >= 11 is 0. The summed E-state index contributed by atoms with van der Waals surface area (Å²) in [6.07, 6.45) is 4.27. The smallest absolute Gasteiger partial charge is 0.305 e. The van der Waals surface area contributed by atoms with Gasteiger partial charge in [-0.3, -0.25) is 9.59 Å². The van der Waals surface area contributed by atoms with E-state index in [1.165, 1.54) is 0 Å². The Bertz CT molecular complexity index is 531. The number of aliphatic carboxylic acids is 1. The Balaban J connectivity index is 2.20. The number of carbonyl (C=O) groups is 2. The molecule has 0 aliphatic carbocycles. The van der Waals surface area contributed by atoms with Crippen LogP contribution in [-0.4, -0.2) is 53.5 Å². The Kier molecular flexibility index (Phi) is 4.77. The van der Waals surface area contributed by atoms with Crippen molar-refractivity contribution in [3.8, 4) is 0 Å². The second-order valence-electron chi connectivity index (χ2n) is 5.54. The molecule has 114 valence electrons. The molecule has 0 radical (unpaired) electrons. The Morgan fingerprint density at radius 2 is 2.19 bits per heavy atom. The zero-order valence-corrected chi connectivity index (χ0v) is 12.5. The van der Waals surface area contributed by atoms with Crippen LogP contribution in [0.4, 0.5) is 5.82 Å². The fourth-order valence-corrected chi connectivity index (χ4v) is 2.64. The molecule has 0 saturated carbocycles. The van der Waals surface area contributed by atoms with Gasteiger partial charge in [0.05, 0.1) is 6.42 Å². The molecular formula is C15H21N3O3. The number of amides is 1. The normalized spacial score (nSPS) is 18.4. The number of nitrogens with zero attached hydrogens (tertiary/aromatic N) is 3. The molecular weight excluding hydrogens is 270 g/mol. The predicted octanol–water partition coefficient (Wildman–Crippen LogP) is 1.62. The standard InChI is InChI=1S/C15H21N3O3/c1-17(2)13-9-11(6-7-16-13)15(21)18-8-4-3-5-12(18)10-14(19)20/h6-7,9,12H,3-5,8,10H2,1-2H3,(H,19,20). The molecule has 6 heteroatoms. The van der Waals surface area contributed by atoms with Crippen molar-refractivity contribution < 1.29 is 14.7 Å². The highest BCUT2D eigenvalue weighted by molar-refractivity contribution is 5.95. The van der Waals surface area contributed by atoms with Gasteiger partial charge in [-0.1, -0.05) is 0 Å². The van der Waals surface area contributed by atoms with E-state index in [-0.39, 0.29) is 18.4 Å². The molecule has 0 bridgehead atoms. The van der Waals surface area contributed by atoms with E-state index in [0.717, 1.165) is 19.3 Å². The van der Waals surface area contributed by atoms with Crippen molar-refractivity contribution in [2.24, 2.45) is 0 Å². The summed E-state index contributed by atoms with van der Waals surface area (Å²) in [4.78, 5) is 31.3. The fourth-order valence-electron chi connectivity index (χ4n) is 2.64. The van der Waals surface area contributed by atoms with Gasteiger partial charge in [-0.15, -0.1) is 0 Å². The highest BCUT2D eigenvalue weighted by Gasteiger charge is 2.29. The van der Waals surface area contributed by atoms with Crippen LogP contribution in [0.5, 0.6) is 0 Å². The maximum Gasteiger partial charge on any atom is 0.305 e. The molecule has 1 unspecified atom stereocenters. The van der Waals surface area contributed by atoms with E-state index in [1.54, 1.807) is 23.2 Å². The number of hydrogen-bond acceptors (Lipinski definition) is 4. The Hall–Kier alpha value is -2.11. The molecule has 1 aromatic rings. The molecule has 1 aliphatic rings. The first-order valence-corrected chi connectivity index (χ1v) is 7.15. The van der Waals surface area contributed by atoms with Crippen LogP contribution >= 0.6 is 0 Å². The number of pyridine rings is 1. The summed E-state index contributed by atoms with van der Waals surface area (Å²) in [6.45, 7) is 0.621. The Morgan fingerprint density at radius 1 is 1.43 bits per heavy atom. The maximum atomic E-state index is 12.7. The van der Waals surface area contributed by atoms with Crippen molar-refractivity contribution >= 4 is 17.7 Å². The summed E-state index contributed by atoms with van der Waals surface area (Å²) in [5.74, 6) is -0.248. The third-order valence-electron chi connectivity index (χ3n) is 3.75. The van der Waals surface area contributed by atoms with Crippen molar-refractivity contribution in [3.63, 3.8) is 0 Å². The number of piperidine rings is 1. The first-order chi connectivity index (χ1) is 9.99. The number of anilines is 1. The molecule has 21 heavy (non-hydrogen) atoms. The van der Waals surface area contributed by atoms with E-state index >= 15 is 0 Å². The third kappa shape index (κ3) is 3.71. The maximum absolute atomic E-state index is 12.7. The molecule has 1 amide bonds. The zero-order chi connectivity index (χ0) is 15.4. The van der Waals surface area contributed by atoms with Crippen LogP contribution in [0.15, 0.2) is 18.3 Å². The van der Waals surface area contributed by atoms with Gasteiger partial charge in [0.25, 0.3) is 5.91 Å². The first kappa shape index (κ1) is 15.3. The van der Waals surface area contributed by atoms with Gasteiger partial charge in [0.2, 0.25) is 0 Å². The number of hydrogen-bond donors (Lipinski definition) is 1. The average Bonchev–Trinajstić information content (AvgIpc) is 2.46. The summed E-state index contributed by atoms with van der Waals surface area (Å²) in [6, 6.07) is 3.22. The van der Waals surface area contributed by atoms with Gasteiger partial charge in [-0.2, -0.15) is 0 Å². The number of carbonyl (C=O) groups excluding carboxylic acids is 1. The molecule has 0 spiro atoms.